The molecule has 0 spiro atoms. The second kappa shape index (κ2) is 61.6. The molecule has 540 valence electrons. The van der Waals surface area contributed by atoms with Crippen molar-refractivity contribution in [3.05, 3.63) is 0 Å². The van der Waals surface area contributed by atoms with Crippen molar-refractivity contribution < 1.29 is 80.2 Å². The molecule has 0 aliphatic rings. The van der Waals surface area contributed by atoms with Crippen molar-refractivity contribution in [2.75, 3.05) is 39.6 Å². The number of aliphatic hydroxyl groups is 1. The van der Waals surface area contributed by atoms with Crippen molar-refractivity contribution in [2.24, 2.45) is 23.7 Å². The summed E-state index contributed by atoms with van der Waals surface area (Å²) >= 11 is 0. The van der Waals surface area contributed by atoms with E-state index in [1.54, 1.807) is 0 Å². The molecule has 0 aromatic carbocycles. The van der Waals surface area contributed by atoms with Gasteiger partial charge in [0, 0.05) is 25.7 Å². The second-order valence-corrected chi connectivity index (χ2v) is 30.3. The fourth-order valence-electron chi connectivity index (χ4n) is 10.8. The maximum atomic E-state index is 13.0. The molecule has 0 bridgehead atoms. The molecule has 7 atom stereocenters. The summed E-state index contributed by atoms with van der Waals surface area (Å²) in [7, 11) is -9.90. The van der Waals surface area contributed by atoms with Crippen LogP contribution in [0.3, 0.4) is 0 Å². The Morgan fingerprint density at radius 3 is 0.780 bits per heavy atom. The molecule has 0 aliphatic carbocycles. The van der Waals surface area contributed by atoms with Gasteiger partial charge in [-0.15, -0.1) is 0 Å². The Balaban J connectivity index is 5.22. The molecule has 0 aromatic rings. The van der Waals surface area contributed by atoms with Crippen LogP contribution in [0.25, 0.3) is 0 Å². The predicted molar refractivity (Wildman–Crippen MR) is 367 cm³/mol. The number of carbonyl (C=O) groups excluding carboxylic acids is 4. The predicted octanol–water partition coefficient (Wildman–Crippen LogP) is 20.5. The van der Waals surface area contributed by atoms with Crippen LogP contribution in [0.1, 0.15) is 357 Å². The number of carbonyl (C=O) groups is 4. The zero-order chi connectivity index (χ0) is 67.5. The molecule has 0 aliphatic heterocycles. The van der Waals surface area contributed by atoms with E-state index in [4.69, 9.17) is 37.0 Å². The molecule has 0 radical (unpaired) electrons. The number of hydrogen-bond acceptors (Lipinski definition) is 15. The lowest BCUT2D eigenvalue weighted by atomic mass is 9.99. The highest BCUT2D eigenvalue weighted by Gasteiger charge is 2.30. The van der Waals surface area contributed by atoms with Crippen LogP contribution < -0.4 is 0 Å². The second-order valence-electron chi connectivity index (χ2n) is 27.4. The Hall–Kier alpha value is -1.94. The van der Waals surface area contributed by atoms with Gasteiger partial charge in [0.15, 0.2) is 12.2 Å². The van der Waals surface area contributed by atoms with Crippen molar-refractivity contribution in [1.29, 1.82) is 0 Å². The van der Waals surface area contributed by atoms with Crippen molar-refractivity contribution >= 4 is 39.5 Å². The van der Waals surface area contributed by atoms with Gasteiger partial charge in [-0.05, 0) is 49.4 Å². The fourth-order valence-corrected chi connectivity index (χ4v) is 12.4. The van der Waals surface area contributed by atoms with Crippen LogP contribution in [0.4, 0.5) is 0 Å². The molecular formula is C72H140O17P2. The van der Waals surface area contributed by atoms with Gasteiger partial charge in [-0.1, -0.05) is 306 Å². The van der Waals surface area contributed by atoms with Crippen molar-refractivity contribution in [3.8, 4) is 0 Å². The minimum absolute atomic E-state index is 0.101. The third kappa shape index (κ3) is 63.9. The van der Waals surface area contributed by atoms with Crippen molar-refractivity contribution in [1.82, 2.24) is 0 Å². The Morgan fingerprint density at radius 2 is 0.527 bits per heavy atom. The van der Waals surface area contributed by atoms with E-state index in [0.29, 0.717) is 31.6 Å². The Labute approximate surface area is 556 Å². The molecule has 17 nitrogen and oxygen atoms in total. The summed E-state index contributed by atoms with van der Waals surface area (Å²) in [6.45, 7) is 14.1. The molecule has 4 unspecified atom stereocenters. The molecule has 3 N–H and O–H groups in total. The Kier molecular flexibility index (Phi) is 60.3. The minimum Gasteiger partial charge on any atom is -0.462 e. The highest BCUT2D eigenvalue weighted by Crippen LogP contribution is 2.45. The highest BCUT2D eigenvalue weighted by molar-refractivity contribution is 7.47. The van der Waals surface area contributed by atoms with E-state index >= 15 is 0 Å². The third-order valence-electron chi connectivity index (χ3n) is 17.3. The SMILES string of the molecule is CCC(C)CCCCCCCCCCCCC(=O)O[C@H](COC(=O)CCCCCCCCCCCCCCCCCC(C)C)COP(=O)(O)OC[C@@H](O)COP(=O)(O)OC[C@@H](COC(=O)CCCCCCCCC(C)CC)OC(=O)CCCCCCCCC(C)C. The number of esters is 4. The first-order valence-corrected chi connectivity index (χ1v) is 40.3. The molecule has 0 amide bonds. The minimum atomic E-state index is -4.95. The van der Waals surface area contributed by atoms with Gasteiger partial charge in [0.1, 0.15) is 19.3 Å². The van der Waals surface area contributed by atoms with Crippen LogP contribution in [0.5, 0.6) is 0 Å². The molecule has 0 saturated carbocycles. The summed E-state index contributed by atoms with van der Waals surface area (Å²) in [6, 6.07) is 0. The molecule has 19 heteroatoms. The largest absolute Gasteiger partial charge is 0.472 e. The van der Waals surface area contributed by atoms with Gasteiger partial charge >= 0.3 is 39.5 Å². The van der Waals surface area contributed by atoms with E-state index in [2.05, 4.69) is 55.4 Å². The van der Waals surface area contributed by atoms with Gasteiger partial charge in [-0.2, -0.15) is 0 Å². The number of unbranched alkanes of at least 4 members (excludes halogenated alkanes) is 33. The molecule has 0 fully saturated rings. The summed E-state index contributed by atoms with van der Waals surface area (Å²) in [5.41, 5.74) is 0. The molecule has 91 heavy (non-hydrogen) atoms. The third-order valence-corrected chi connectivity index (χ3v) is 19.2. The fraction of sp³-hybridized carbons (Fsp3) is 0.944. The van der Waals surface area contributed by atoms with E-state index in [0.717, 1.165) is 114 Å². The number of phosphoric ester groups is 2. The van der Waals surface area contributed by atoms with Gasteiger partial charge in [0.2, 0.25) is 0 Å². The Bertz CT molecular complexity index is 1800. The number of aliphatic hydroxyl groups excluding tert-OH is 1. The normalized spacial score (nSPS) is 14.8. The first-order valence-electron chi connectivity index (χ1n) is 37.3. The maximum Gasteiger partial charge on any atom is 0.472 e. The smallest absolute Gasteiger partial charge is 0.462 e. The summed E-state index contributed by atoms with van der Waals surface area (Å²) in [6.07, 6.45) is 44.6. The zero-order valence-electron chi connectivity index (χ0n) is 59.5. The topological polar surface area (TPSA) is 237 Å². The maximum absolute atomic E-state index is 13.0. The lowest BCUT2D eigenvalue weighted by molar-refractivity contribution is -0.161. The molecule has 0 saturated heterocycles. The first kappa shape index (κ1) is 89.1. The van der Waals surface area contributed by atoms with Crippen LogP contribution in [0, 0.1) is 23.7 Å². The van der Waals surface area contributed by atoms with E-state index in [1.807, 2.05) is 0 Å². The van der Waals surface area contributed by atoms with Gasteiger partial charge in [-0.25, -0.2) is 9.13 Å². The highest BCUT2D eigenvalue weighted by atomic mass is 31.2. The van der Waals surface area contributed by atoms with Crippen LogP contribution >= 0.6 is 15.6 Å². The van der Waals surface area contributed by atoms with Crippen LogP contribution in [0.2, 0.25) is 0 Å². The average Bonchev–Trinajstić information content (AvgIpc) is 3.33. The lowest BCUT2D eigenvalue weighted by Gasteiger charge is -2.21. The van der Waals surface area contributed by atoms with E-state index in [9.17, 15) is 43.2 Å². The standard InChI is InChI=1S/C72H140O17P2/c1-9-64(7)50-42-34-25-21-18-19-23-27-38-46-54-71(76)88-67(58-82-69(74)52-44-36-26-22-17-15-13-11-12-14-16-20-24-32-40-48-62(3)4)60-86-90(78,79)84-56-66(73)57-85-91(80,81)87-61-68(89-72(77)55-47-39-30-28-33-41-49-63(5)6)59-83-70(75)53-45-37-31-29-35-43-51-65(8)10-2/h62-68,73H,9-61H2,1-8H3,(H,78,79)(H,80,81)/t64?,65?,66-,67-,68-/m1/s1. The van der Waals surface area contributed by atoms with Crippen molar-refractivity contribution in [3.63, 3.8) is 0 Å². The van der Waals surface area contributed by atoms with Gasteiger partial charge in [-0.3, -0.25) is 37.3 Å². The molecular weight excluding hydrogens is 1200 g/mol. The van der Waals surface area contributed by atoms with Gasteiger partial charge in [0.25, 0.3) is 0 Å². The Morgan fingerprint density at radius 1 is 0.308 bits per heavy atom. The van der Waals surface area contributed by atoms with Gasteiger partial charge in [0.05, 0.1) is 26.4 Å². The number of hydrogen-bond donors (Lipinski definition) is 3. The summed E-state index contributed by atoms with van der Waals surface area (Å²) < 4.78 is 68.3. The monoisotopic (exact) mass is 1340 g/mol. The number of phosphoric acid groups is 2. The summed E-state index contributed by atoms with van der Waals surface area (Å²) in [5.74, 6) is 0.878. The van der Waals surface area contributed by atoms with Gasteiger partial charge < -0.3 is 33.8 Å². The summed E-state index contributed by atoms with van der Waals surface area (Å²) in [5, 5.41) is 10.6. The average molecular weight is 1340 g/mol. The van der Waals surface area contributed by atoms with Crippen molar-refractivity contribution in [2.45, 2.75) is 375 Å². The zero-order valence-corrected chi connectivity index (χ0v) is 61.3. The van der Waals surface area contributed by atoms with E-state index in [1.165, 1.54) is 154 Å². The lowest BCUT2D eigenvalue weighted by Crippen LogP contribution is -2.30. The molecule has 0 rings (SSSR count). The number of rotatable bonds is 69. The van der Waals surface area contributed by atoms with Crippen LogP contribution in [-0.2, 0) is 65.4 Å². The number of ether oxygens (including phenoxy) is 4. The quantitative estimate of drug-likeness (QED) is 0.0222. The van der Waals surface area contributed by atoms with E-state index < -0.39 is 97.5 Å². The van der Waals surface area contributed by atoms with Crippen LogP contribution in [0.15, 0.2) is 0 Å². The van der Waals surface area contributed by atoms with Crippen LogP contribution in [-0.4, -0.2) is 96.7 Å². The van der Waals surface area contributed by atoms with E-state index in [-0.39, 0.29) is 25.7 Å². The molecule has 0 aromatic heterocycles. The first-order chi connectivity index (χ1) is 43.7. The molecule has 0 heterocycles. The summed E-state index contributed by atoms with van der Waals surface area (Å²) in [4.78, 5) is 72.6.